The number of hydrogen-bond acceptors (Lipinski definition) is 0. The first kappa shape index (κ1) is 35.3. The smallest absolute Gasteiger partial charge is 0.0967 e. The molecule has 0 bridgehead atoms. The summed E-state index contributed by atoms with van der Waals surface area (Å²) in [4.78, 5) is 0. The van der Waals surface area contributed by atoms with E-state index in [2.05, 4.69) is 170 Å². The third-order valence-corrected chi connectivity index (χ3v) is 11.5. The molecule has 0 aromatic heterocycles. The van der Waals surface area contributed by atoms with Gasteiger partial charge in [0.25, 0.3) is 0 Å². The molecule has 0 nitrogen and oxygen atoms in total. The van der Waals surface area contributed by atoms with Crippen LogP contribution in [0.1, 0.15) is 0 Å². The van der Waals surface area contributed by atoms with E-state index < -0.39 is 0 Å². The summed E-state index contributed by atoms with van der Waals surface area (Å²) in [5.74, 6) is 0. The van der Waals surface area contributed by atoms with Gasteiger partial charge >= 0.3 is 0 Å². The number of benzene rings is 4. The zero-order valence-corrected chi connectivity index (χ0v) is 27.7. The Morgan fingerprint density at radius 3 is 0.805 bits per heavy atom. The Morgan fingerprint density at radius 1 is 0.415 bits per heavy atom. The molecule has 0 unspecified atom stereocenters. The maximum atomic E-state index is 4.76. The summed E-state index contributed by atoms with van der Waals surface area (Å²) in [6.07, 6.45) is 17.9. The molecule has 0 radical (unpaired) electrons. The van der Waals surface area contributed by atoms with Crippen LogP contribution in [-0.4, -0.2) is 16.7 Å². The van der Waals surface area contributed by atoms with Gasteiger partial charge in [0.05, 0.1) is 5.34 Å². The summed E-state index contributed by atoms with van der Waals surface area (Å²) in [6.45, 7) is 0. The Balaban J connectivity index is 0.000000251. The number of allylic oxidation sites excluding steroid dienone is 8. The minimum atomic E-state index is -0.326. The van der Waals surface area contributed by atoms with E-state index in [0.717, 1.165) is 0 Å². The summed E-state index contributed by atoms with van der Waals surface area (Å²) in [5.41, 5.74) is 1.06. The normalized spacial score (nSPS) is 13.2. The summed E-state index contributed by atoms with van der Waals surface area (Å²) in [6, 6.07) is 43.4. The fraction of sp³-hybridized carbons (Fsp3) is 0.0857. The van der Waals surface area contributed by atoms with Crippen molar-refractivity contribution < 1.29 is 17.1 Å². The van der Waals surface area contributed by atoms with E-state index in [0.29, 0.717) is 11.3 Å². The van der Waals surface area contributed by atoms with Gasteiger partial charge < -0.3 is 0 Å². The van der Waals surface area contributed by atoms with Crippen molar-refractivity contribution in [3.8, 4) is 0 Å². The van der Waals surface area contributed by atoms with Crippen LogP contribution in [0, 0.1) is 0 Å². The van der Waals surface area contributed by atoms with Crippen molar-refractivity contribution in [2.75, 3.05) is 5.34 Å². The van der Waals surface area contributed by atoms with Crippen LogP contribution in [0.2, 0.25) is 0 Å². The van der Waals surface area contributed by atoms with E-state index in [1.807, 2.05) is 0 Å². The minimum absolute atomic E-state index is 0. The van der Waals surface area contributed by atoms with E-state index in [4.69, 9.17) is 23.2 Å². The first-order valence-electron chi connectivity index (χ1n) is 12.9. The van der Waals surface area contributed by atoms with E-state index in [9.17, 15) is 0 Å². The molecule has 0 amide bonds. The van der Waals surface area contributed by atoms with Crippen molar-refractivity contribution in [1.29, 1.82) is 0 Å². The second-order valence-corrected chi connectivity index (χ2v) is 14.3. The van der Waals surface area contributed by atoms with Gasteiger partial charge in [-0.2, -0.15) is 0 Å². The van der Waals surface area contributed by atoms with Gasteiger partial charge in [-0.1, -0.05) is 170 Å². The van der Waals surface area contributed by atoms with Gasteiger partial charge in [-0.15, -0.1) is 35.6 Å². The summed E-state index contributed by atoms with van der Waals surface area (Å²) >= 11 is 9.53. The molecule has 41 heavy (non-hydrogen) atoms. The van der Waals surface area contributed by atoms with Gasteiger partial charge in [-0.25, -0.2) is 0 Å². The molecule has 0 saturated heterocycles. The zero-order chi connectivity index (χ0) is 27.1. The molecule has 2 aliphatic rings. The average molecular weight is 678 g/mol. The fourth-order valence-corrected chi connectivity index (χ4v) is 9.56. The van der Waals surface area contributed by atoms with Crippen molar-refractivity contribution in [2.24, 2.45) is 0 Å². The average Bonchev–Trinajstić information content (AvgIpc) is 3.72. The second-order valence-electron chi connectivity index (χ2n) is 8.70. The molecule has 4 aromatic rings. The molecule has 6 heteroatoms. The summed E-state index contributed by atoms with van der Waals surface area (Å²) in [5, 5.41) is 5.97. The fourth-order valence-electron chi connectivity index (χ4n) is 4.53. The van der Waals surface area contributed by atoms with Gasteiger partial charge in [0.2, 0.25) is 0 Å². The van der Waals surface area contributed by atoms with Crippen LogP contribution < -0.4 is 21.2 Å². The SMILES string of the molecule is C1=CC(P(c2ccccc2)c2ccccc2)C=C1.C1=CC(P(c2ccccc2)c2ccccc2)C=C1.Cl.ClCCl.[Fe]. The zero-order valence-electron chi connectivity index (χ0n) is 22.4. The van der Waals surface area contributed by atoms with Crippen molar-refractivity contribution in [3.63, 3.8) is 0 Å². The minimum Gasteiger partial charge on any atom is -0.147 e. The Morgan fingerprint density at radius 2 is 0.610 bits per heavy atom. The van der Waals surface area contributed by atoms with Gasteiger partial charge in [-0.05, 0) is 37.1 Å². The first-order chi connectivity index (χ1) is 19.3. The first-order valence-corrected chi connectivity index (χ1v) is 16.8. The molecule has 0 N–H and O–H groups in total. The van der Waals surface area contributed by atoms with E-state index >= 15 is 0 Å². The van der Waals surface area contributed by atoms with E-state index in [-0.39, 0.29) is 50.7 Å². The number of hydrogen-bond donors (Lipinski definition) is 0. The predicted molar refractivity (Wildman–Crippen MR) is 186 cm³/mol. The Labute approximate surface area is 274 Å². The molecule has 0 spiro atoms. The predicted octanol–water partition coefficient (Wildman–Crippen LogP) is 9.07. The maximum absolute atomic E-state index is 4.76. The molecule has 0 atom stereocenters. The van der Waals surface area contributed by atoms with Gasteiger partial charge in [0.15, 0.2) is 0 Å². The molecule has 0 heterocycles. The van der Waals surface area contributed by atoms with Gasteiger partial charge in [0, 0.05) is 28.4 Å². The molecule has 0 fully saturated rings. The van der Waals surface area contributed by atoms with Crippen LogP contribution in [0.3, 0.4) is 0 Å². The molecule has 0 saturated carbocycles. The van der Waals surface area contributed by atoms with E-state index in [1.165, 1.54) is 21.2 Å². The molecule has 212 valence electrons. The quantitative estimate of drug-likeness (QED) is 0.109. The van der Waals surface area contributed by atoms with Crippen LogP contribution >= 0.6 is 51.5 Å². The largest absolute Gasteiger partial charge is 0.147 e. The maximum Gasteiger partial charge on any atom is 0.0967 e. The molecular formula is C35H33Cl3FeP2. The molecule has 4 aromatic carbocycles. The number of rotatable bonds is 6. The van der Waals surface area contributed by atoms with Crippen LogP contribution in [-0.2, 0) is 17.1 Å². The number of alkyl halides is 2. The second kappa shape index (κ2) is 20.1. The Hall–Kier alpha value is -1.91. The van der Waals surface area contributed by atoms with Crippen molar-refractivity contribution in [2.45, 2.75) is 11.3 Å². The third-order valence-electron chi connectivity index (χ3n) is 6.19. The van der Waals surface area contributed by atoms with Crippen molar-refractivity contribution in [3.05, 3.63) is 170 Å². The van der Waals surface area contributed by atoms with E-state index in [1.54, 1.807) is 0 Å². The molecular weight excluding hydrogens is 645 g/mol. The summed E-state index contributed by atoms with van der Waals surface area (Å²) < 4.78 is 0. The molecule has 6 rings (SSSR count). The van der Waals surface area contributed by atoms with Crippen molar-refractivity contribution in [1.82, 2.24) is 0 Å². The Bertz CT molecular complexity index is 1150. The van der Waals surface area contributed by atoms with Crippen LogP contribution in [0.15, 0.2) is 170 Å². The monoisotopic (exact) mass is 676 g/mol. The number of halogens is 3. The summed E-state index contributed by atoms with van der Waals surface area (Å²) in [7, 11) is -0.651. The van der Waals surface area contributed by atoms with Crippen molar-refractivity contribution >= 4 is 72.7 Å². The van der Waals surface area contributed by atoms with Crippen LogP contribution in [0.5, 0.6) is 0 Å². The van der Waals surface area contributed by atoms with Gasteiger partial charge in [0.1, 0.15) is 0 Å². The topological polar surface area (TPSA) is 0 Å². The molecule has 2 aliphatic carbocycles. The molecule has 0 aliphatic heterocycles. The third kappa shape index (κ3) is 10.7. The Kier molecular flexibility index (Phi) is 17.3. The van der Waals surface area contributed by atoms with Gasteiger partial charge in [-0.3, -0.25) is 0 Å². The van der Waals surface area contributed by atoms with Crippen LogP contribution in [0.25, 0.3) is 0 Å². The van der Waals surface area contributed by atoms with Crippen LogP contribution in [0.4, 0.5) is 0 Å². The standard InChI is InChI=1S/2C17H15P.CH2Cl2.ClH.Fe/c2*1-3-9-15(10-4-1)18(17-13-7-8-14-17)16-11-5-2-6-12-16;2-1-3;;/h2*1-14,17H;1H2;1H;.